The minimum absolute atomic E-state index is 0. The molecule has 6 aromatic carbocycles. The van der Waals surface area contributed by atoms with Gasteiger partial charge in [0.15, 0.2) is 23.3 Å². The van der Waals surface area contributed by atoms with E-state index in [0.29, 0.717) is 23.0 Å². The van der Waals surface area contributed by atoms with E-state index in [2.05, 4.69) is 51.9 Å². The number of aromatic hydroxyl groups is 4. The first-order valence-corrected chi connectivity index (χ1v) is 19.9. The van der Waals surface area contributed by atoms with Crippen LogP contribution in [0, 0.1) is 6.07 Å². The molecule has 0 spiro atoms. The fourth-order valence-corrected chi connectivity index (χ4v) is 5.81. The van der Waals surface area contributed by atoms with Gasteiger partial charge in [0.05, 0.1) is 39.6 Å². The van der Waals surface area contributed by atoms with Crippen LogP contribution in [0.4, 0.5) is 0 Å². The van der Waals surface area contributed by atoms with E-state index in [1.807, 2.05) is 60.7 Å². The number of methoxy groups -OCH3 is 4. The summed E-state index contributed by atoms with van der Waals surface area (Å²) in [7, 11) is 6.47. The molecule has 0 bridgehead atoms. The van der Waals surface area contributed by atoms with Gasteiger partial charge in [-0.05, 0) is 120 Å². The Labute approximate surface area is 420 Å². The number of hydrogen-bond donors (Lipinski definition) is 4. The zero-order valence-electron chi connectivity index (χ0n) is 35.0. The normalized spacial score (nSPS) is 9.77. The second-order valence-corrected chi connectivity index (χ2v) is 14.1. The fraction of sp³-hybridized carbons (Fsp3) is 0.0870. The first-order valence-electron chi connectivity index (χ1n) is 18.4. The molecule has 0 aliphatic heterocycles. The van der Waals surface area contributed by atoms with Crippen LogP contribution in [0.3, 0.4) is 0 Å². The number of nitrogens with zero attached hydrogens (tertiary/aromatic N) is 6. The molecule has 0 saturated carbocycles. The molecular formula is C46H38Br2Cl2MgN6O8. The number of ether oxygens (including phenoxy) is 4. The van der Waals surface area contributed by atoms with E-state index in [1.165, 1.54) is 36.4 Å². The molecular weight excluding hydrogens is 1020 g/mol. The van der Waals surface area contributed by atoms with Crippen LogP contribution in [0.15, 0.2) is 138 Å². The minimum Gasteiger partial charge on any atom is -1.00 e. The summed E-state index contributed by atoms with van der Waals surface area (Å²) < 4.78 is 21.1. The Kier molecular flexibility index (Phi) is 22.0. The number of rotatable bonds is 8. The van der Waals surface area contributed by atoms with Crippen molar-refractivity contribution in [3.63, 3.8) is 0 Å². The predicted molar refractivity (Wildman–Crippen MR) is 249 cm³/mol. The smallest absolute Gasteiger partial charge is 1.00 e. The molecule has 65 heavy (non-hydrogen) atoms. The summed E-state index contributed by atoms with van der Waals surface area (Å²) in [5, 5.41) is 39.8. The van der Waals surface area contributed by atoms with Gasteiger partial charge in [0.1, 0.15) is 40.2 Å². The molecule has 0 radical (unpaired) electrons. The van der Waals surface area contributed by atoms with Crippen molar-refractivity contribution in [3.8, 4) is 91.5 Å². The van der Waals surface area contributed by atoms with Crippen LogP contribution >= 0.6 is 39.1 Å². The summed E-state index contributed by atoms with van der Waals surface area (Å²) in [6.07, 6.45) is 0. The average molecular weight is 1060 g/mol. The van der Waals surface area contributed by atoms with Crippen molar-refractivity contribution < 1.29 is 56.4 Å². The van der Waals surface area contributed by atoms with E-state index in [4.69, 9.17) is 42.1 Å². The third-order valence-electron chi connectivity index (χ3n) is 8.33. The van der Waals surface area contributed by atoms with Gasteiger partial charge >= 0.3 is 23.1 Å². The van der Waals surface area contributed by atoms with Gasteiger partial charge in [0.25, 0.3) is 0 Å². The van der Waals surface area contributed by atoms with Gasteiger partial charge in [-0.1, -0.05) is 15.9 Å². The summed E-state index contributed by atoms with van der Waals surface area (Å²) in [4.78, 5) is 24.9. The molecule has 2 aromatic heterocycles. The van der Waals surface area contributed by atoms with Crippen LogP contribution < -0.4 is 35.9 Å². The third kappa shape index (κ3) is 16.2. The van der Waals surface area contributed by atoms with Crippen LogP contribution in [0.5, 0.6) is 46.0 Å². The quantitative estimate of drug-likeness (QED) is 0.0887. The largest absolute Gasteiger partial charge is 2.00 e. The molecule has 4 N–H and O–H groups in total. The van der Waals surface area contributed by atoms with Crippen molar-refractivity contribution >= 4 is 62.2 Å². The molecule has 0 unspecified atom stereocenters. The van der Waals surface area contributed by atoms with Gasteiger partial charge in [-0.15, -0.1) is 12.1 Å². The minimum atomic E-state index is -0.206. The summed E-state index contributed by atoms with van der Waals surface area (Å²) in [5.74, 6) is 3.62. The number of phenols is 4. The van der Waals surface area contributed by atoms with Gasteiger partial charge in [-0.3, -0.25) is 0 Å². The Balaban J connectivity index is 0.000000266. The Bertz CT molecular complexity index is 2630. The van der Waals surface area contributed by atoms with Crippen LogP contribution in [-0.2, 0) is 0 Å². The molecule has 19 heteroatoms. The predicted octanol–water partition coefficient (Wildman–Crippen LogP) is 7.13. The van der Waals surface area contributed by atoms with Gasteiger partial charge in [-0.2, -0.15) is 33.2 Å². The van der Waals surface area contributed by atoms with E-state index in [1.54, 1.807) is 64.8 Å². The van der Waals surface area contributed by atoms with Gasteiger partial charge in [-0.25, -0.2) is 15.0 Å². The molecule has 2 heterocycles. The molecule has 0 aliphatic carbocycles. The van der Waals surface area contributed by atoms with Crippen molar-refractivity contribution in [1.29, 1.82) is 0 Å². The second kappa shape index (κ2) is 26.7. The first kappa shape index (κ1) is 53.4. The third-order valence-corrected chi connectivity index (χ3v) is 9.20. The average Bonchev–Trinajstić information content (AvgIpc) is 3.30. The molecule has 0 amide bonds. The topological polar surface area (TPSA) is 195 Å². The van der Waals surface area contributed by atoms with Crippen molar-refractivity contribution in [2.75, 3.05) is 28.4 Å². The van der Waals surface area contributed by atoms with Crippen molar-refractivity contribution in [2.45, 2.75) is 0 Å². The van der Waals surface area contributed by atoms with E-state index in [0.717, 1.165) is 27.3 Å². The summed E-state index contributed by atoms with van der Waals surface area (Å²) in [6.45, 7) is 0. The van der Waals surface area contributed by atoms with Gasteiger partial charge in [0.2, 0.25) is 10.6 Å². The second-order valence-electron chi connectivity index (χ2n) is 12.5. The molecule has 14 nitrogen and oxygen atoms in total. The molecule has 0 atom stereocenters. The number of aromatic nitrogens is 6. The van der Waals surface area contributed by atoms with Crippen molar-refractivity contribution in [2.24, 2.45) is 0 Å². The van der Waals surface area contributed by atoms with Gasteiger partial charge < -0.3 is 56.4 Å². The van der Waals surface area contributed by atoms with Crippen LogP contribution in [0.25, 0.3) is 45.6 Å². The van der Waals surface area contributed by atoms with Crippen LogP contribution in [0.2, 0.25) is 10.6 Å². The van der Waals surface area contributed by atoms with Crippen LogP contribution in [0.1, 0.15) is 0 Å². The number of phenolic OH excluding ortho intramolecular Hbond substituents is 4. The summed E-state index contributed by atoms with van der Waals surface area (Å²) in [5.41, 5.74) is 2.03. The van der Waals surface area contributed by atoms with Crippen molar-refractivity contribution in [3.05, 3.63) is 155 Å². The summed E-state index contributed by atoms with van der Waals surface area (Å²) >= 11 is 14.7. The zero-order valence-corrected chi connectivity index (χ0v) is 41.1. The Morgan fingerprint density at radius 3 is 1.14 bits per heavy atom. The molecule has 0 fully saturated rings. The van der Waals surface area contributed by atoms with Crippen LogP contribution in [-0.4, -0.2) is 102 Å². The Morgan fingerprint density at radius 1 is 0.446 bits per heavy atom. The SMILES string of the molecule is COc1cc[c-]cc1.COc1ccc(-c2nc(-c3ccc(O)cc3O)nc(-c3ccc(O)cc3O)n2)cc1.COc1ccc(-c2nc(Cl)nc(Cl)n2)cc1.COc1ccc(Br)cc1.[Br-].[Mg+2]. The maximum atomic E-state index is 10.3. The van der Waals surface area contributed by atoms with Crippen molar-refractivity contribution in [1.82, 2.24) is 29.9 Å². The molecule has 8 rings (SSSR count). The number of benzene rings is 6. The van der Waals surface area contributed by atoms with Gasteiger partial charge in [0, 0.05) is 33.5 Å². The molecule has 0 aliphatic rings. The van der Waals surface area contributed by atoms with E-state index in [9.17, 15) is 20.4 Å². The molecule has 8 aromatic rings. The first-order chi connectivity index (χ1) is 30.4. The van der Waals surface area contributed by atoms with E-state index < -0.39 is 0 Å². The monoisotopic (exact) mass is 1050 g/mol. The number of hydrogen-bond acceptors (Lipinski definition) is 14. The Hall–Kier alpha value is -5.95. The summed E-state index contributed by atoms with van der Waals surface area (Å²) in [6, 6.07) is 40.4. The zero-order chi connectivity index (χ0) is 45.3. The maximum absolute atomic E-state index is 10.3. The maximum Gasteiger partial charge on any atom is 2.00 e. The standard InChI is InChI=1S/C22H17N3O5.C10H7Cl2N3O.C7H7BrO.C7H7O.BrH.Mg/c1-30-15-6-2-12(3-7-15)20-23-21(16-8-4-13(26)10-18(16)28)25-22(24-20)17-9-5-14(27)11-19(17)29;1-16-7-4-2-6(3-5-7)8-13-9(11)15-10(12)14-8;1-9-7-4-2-6(8)3-5-7;1-8-7-5-3-2-4-6-7;;/h2-11,26-29H,1H3;2-5H,1H3;2-5H,1H3;3-6H,1H3;1H;/q;;;-1;;+2/p-1. The molecule has 330 valence electrons. The number of halogens is 4. The van der Waals surface area contributed by atoms with E-state index in [-0.39, 0.29) is 96.4 Å². The van der Waals surface area contributed by atoms with E-state index >= 15 is 0 Å². The molecule has 0 saturated heterocycles. The fourth-order valence-electron chi connectivity index (χ4n) is 5.18. The Morgan fingerprint density at radius 2 is 0.785 bits per heavy atom.